The molecule has 1 saturated heterocycles. The fourth-order valence-corrected chi connectivity index (χ4v) is 3.50. The van der Waals surface area contributed by atoms with E-state index in [-0.39, 0.29) is 17.6 Å². The Bertz CT molecular complexity index is 818. The van der Waals surface area contributed by atoms with Crippen molar-refractivity contribution in [2.24, 2.45) is 0 Å². The van der Waals surface area contributed by atoms with Crippen LogP contribution in [0, 0.1) is 11.6 Å². The first-order valence-corrected chi connectivity index (χ1v) is 9.68. The highest BCUT2D eigenvalue weighted by Gasteiger charge is 2.30. The second kappa shape index (κ2) is 9.57. The van der Waals surface area contributed by atoms with Crippen LogP contribution in [0.5, 0.6) is 0 Å². The van der Waals surface area contributed by atoms with Gasteiger partial charge in [-0.05, 0) is 30.7 Å². The number of piperazine rings is 1. The molecule has 0 aliphatic carbocycles. The topological polar surface area (TPSA) is 38.0 Å². The Balaban J connectivity index is 1.45. The maximum Gasteiger partial charge on any atom is 0.282 e. The quantitative estimate of drug-likeness (QED) is 0.674. The van der Waals surface area contributed by atoms with E-state index < -0.39 is 11.6 Å². The van der Waals surface area contributed by atoms with Crippen LogP contribution in [0.4, 0.5) is 14.5 Å². The van der Waals surface area contributed by atoms with Crippen LogP contribution in [0.1, 0.15) is 12.5 Å². The van der Waals surface area contributed by atoms with Gasteiger partial charge >= 0.3 is 0 Å². The van der Waals surface area contributed by atoms with Gasteiger partial charge in [0.25, 0.3) is 5.91 Å². The molecular formula is C22H27F2N3O+2. The van der Waals surface area contributed by atoms with Crippen LogP contribution < -0.4 is 15.1 Å². The summed E-state index contributed by atoms with van der Waals surface area (Å²) >= 11 is 0. The molecule has 0 unspecified atom stereocenters. The first-order chi connectivity index (χ1) is 13.5. The van der Waals surface area contributed by atoms with Gasteiger partial charge in [0, 0.05) is 11.8 Å². The van der Waals surface area contributed by atoms with Crippen molar-refractivity contribution in [2.75, 3.05) is 38.0 Å². The van der Waals surface area contributed by atoms with Gasteiger partial charge in [-0.15, -0.1) is 0 Å². The van der Waals surface area contributed by atoms with E-state index in [9.17, 15) is 13.6 Å². The molecule has 4 nitrogen and oxygen atoms in total. The Morgan fingerprint density at radius 2 is 1.79 bits per heavy atom. The first-order valence-electron chi connectivity index (χ1n) is 9.68. The summed E-state index contributed by atoms with van der Waals surface area (Å²) in [6, 6.07) is 13.4. The summed E-state index contributed by atoms with van der Waals surface area (Å²) < 4.78 is 26.3. The van der Waals surface area contributed by atoms with Crippen molar-refractivity contribution in [3.05, 3.63) is 71.8 Å². The molecule has 0 radical (unpaired) electrons. The second-order valence-corrected chi connectivity index (χ2v) is 7.27. The van der Waals surface area contributed by atoms with Crippen molar-refractivity contribution in [1.29, 1.82) is 0 Å². The van der Waals surface area contributed by atoms with Crippen LogP contribution in [-0.4, -0.2) is 44.7 Å². The maximum absolute atomic E-state index is 13.3. The molecule has 28 heavy (non-hydrogen) atoms. The number of nitrogens with one attached hydrogen (secondary N) is 3. The van der Waals surface area contributed by atoms with Crippen molar-refractivity contribution in [3.8, 4) is 0 Å². The molecule has 1 atom stereocenters. The number of anilines is 1. The van der Waals surface area contributed by atoms with Crippen LogP contribution in [0.2, 0.25) is 0 Å². The van der Waals surface area contributed by atoms with Gasteiger partial charge in [0.1, 0.15) is 26.2 Å². The van der Waals surface area contributed by atoms with Gasteiger partial charge in [0.2, 0.25) is 0 Å². The van der Waals surface area contributed by atoms with Gasteiger partial charge in [-0.25, -0.2) is 8.78 Å². The number of halogens is 2. The smallest absolute Gasteiger partial charge is 0.282 e. The molecule has 0 spiro atoms. The van der Waals surface area contributed by atoms with Crippen molar-refractivity contribution >= 4 is 17.7 Å². The minimum atomic E-state index is -0.960. The molecule has 2 aromatic rings. The summed E-state index contributed by atoms with van der Waals surface area (Å²) in [6.07, 6.45) is 4.35. The molecule has 0 aromatic heterocycles. The minimum absolute atomic E-state index is 0.173. The highest BCUT2D eigenvalue weighted by atomic mass is 19.2. The first kappa shape index (κ1) is 20.2. The SMILES string of the molecule is C[C@@H](C(=O)Nc1ccc(F)c(F)c1)[NH+]1CC[NH+](C/C=C/c2ccccc2)CC1. The Hall–Kier alpha value is -2.57. The number of rotatable bonds is 6. The number of benzene rings is 2. The van der Waals surface area contributed by atoms with Gasteiger partial charge in [0.15, 0.2) is 17.7 Å². The molecule has 1 aliphatic rings. The third-order valence-electron chi connectivity index (χ3n) is 5.31. The second-order valence-electron chi connectivity index (χ2n) is 7.27. The lowest BCUT2D eigenvalue weighted by molar-refractivity contribution is -1.02. The number of hydrogen-bond donors (Lipinski definition) is 3. The van der Waals surface area contributed by atoms with Crippen LogP contribution in [0.25, 0.3) is 6.08 Å². The summed E-state index contributed by atoms with van der Waals surface area (Å²) in [6.45, 7) is 6.65. The number of quaternary nitrogens is 2. The van der Waals surface area contributed by atoms with Crippen LogP contribution >= 0.6 is 0 Å². The summed E-state index contributed by atoms with van der Waals surface area (Å²) in [5.74, 6) is -2.05. The van der Waals surface area contributed by atoms with E-state index in [0.717, 1.165) is 44.9 Å². The monoisotopic (exact) mass is 387 g/mol. The van der Waals surface area contributed by atoms with E-state index in [1.807, 2.05) is 25.1 Å². The molecule has 2 aromatic carbocycles. The van der Waals surface area contributed by atoms with E-state index in [2.05, 4.69) is 29.6 Å². The molecule has 0 bridgehead atoms. The van der Waals surface area contributed by atoms with Crippen LogP contribution in [0.3, 0.4) is 0 Å². The standard InChI is InChI=1S/C22H25F2N3O/c1-17(22(28)25-19-9-10-20(23)21(24)16-19)27-14-12-26(13-15-27)11-5-8-18-6-3-2-4-7-18/h2-10,16-17H,11-15H2,1H3,(H,25,28)/p+2/b8-5+/t17-/m0/s1. The summed E-state index contributed by atoms with van der Waals surface area (Å²) in [4.78, 5) is 15.2. The number of carbonyl (C=O) groups excluding carboxylic acids is 1. The molecule has 1 amide bonds. The fraction of sp³-hybridized carbons (Fsp3) is 0.318. The molecule has 1 fully saturated rings. The Morgan fingerprint density at radius 3 is 2.46 bits per heavy atom. The lowest BCUT2D eigenvalue weighted by Gasteiger charge is -2.32. The number of amides is 1. The van der Waals surface area contributed by atoms with E-state index >= 15 is 0 Å². The van der Waals surface area contributed by atoms with Gasteiger partial charge in [-0.1, -0.05) is 36.4 Å². The Labute approximate surface area is 164 Å². The van der Waals surface area contributed by atoms with Crippen LogP contribution in [-0.2, 0) is 4.79 Å². The Morgan fingerprint density at radius 1 is 1.07 bits per heavy atom. The predicted molar refractivity (Wildman–Crippen MR) is 106 cm³/mol. The molecule has 1 heterocycles. The third kappa shape index (κ3) is 5.47. The van der Waals surface area contributed by atoms with Gasteiger partial charge in [0.05, 0.1) is 6.54 Å². The van der Waals surface area contributed by atoms with Gasteiger partial charge in [-0.2, -0.15) is 0 Å². The zero-order chi connectivity index (χ0) is 19.9. The maximum atomic E-state index is 13.3. The van der Waals surface area contributed by atoms with Crippen LogP contribution in [0.15, 0.2) is 54.6 Å². The molecule has 3 rings (SSSR count). The minimum Gasteiger partial charge on any atom is -0.322 e. The summed E-state index contributed by atoms with van der Waals surface area (Å²) in [5, 5.41) is 2.69. The largest absolute Gasteiger partial charge is 0.322 e. The molecule has 0 saturated carbocycles. The van der Waals surface area contributed by atoms with E-state index in [4.69, 9.17) is 0 Å². The highest BCUT2D eigenvalue weighted by Crippen LogP contribution is 2.13. The average molecular weight is 387 g/mol. The van der Waals surface area contributed by atoms with E-state index in [1.165, 1.54) is 21.4 Å². The molecule has 148 valence electrons. The lowest BCUT2D eigenvalue weighted by atomic mass is 10.2. The average Bonchev–Trinajstić information content (AvgIpc) is 2.71. The zero-order valence-electron chi connectivity index (χ0n) is 16.1. The zero-order valence-corrected chi connectivity index (χ0v) is 16.1. The van der Waals surface area contributed by atoms with Gasteiger partial charge in [-0.3, -0.25) is 4.79 Å². The molecule has 1 aliphatic heterocycles. The molecule has 3 N–H and O–H groups in total. The number of hydrogen-bond acceptors (Lipinski definition) is 1. The molecule has 6 heteroatoms. The van der Waals surface area contributed by atoms with Gasteiger partial charge < -0.3 is 15.1 Å². The third-order valence-corrected chi connectivity index (χ3v) is 5.31. The normalized spacial score (nSPS) is 20.8. The summed E-state index contributed by atoms with van der Waals surface area (Å²) in [5.41, 5.74) is 1.49. The summed E-state index contributed by atoms with van der Waals surface area (Å²) in [7, 11) is 0. The van der Waals surface area contributed by atoms with E-state index in [0.29, 0.717) is 0 Å². The highest BCUT2D eigenvalue weighted by molar-refractivity contribution is 5.93. The lowest BCUT2D eigenvalue weighted by Crippen LogP contribution is -3.29. The van der Waals surface area contributed by atoms with Crippen molar-refractivity contribution in [1.82, 2.24) is 0 Å². The molecular weight excluding hydrogens is 360 g/mol. The Kier molecular flexibility index (Phi) is 6.90. The van der Waals surface area contributed by atoms with Crippen molar-refractivity contribution in [3.63, 3.8) is 0 Å². The van der Waals surface area contributed by atoms with Crippen molar-refractivity contribution in [2.45, 2.75) is 13.0 Å². The fourth-order valence-electron chi connectivity index (χ4n) is 3.50. The van der Waals surface area contributed by atoms with E-state index in [1.54, 1.807) is 0 Å². The number of carbonyl (C=O) groups is 1. The van der Waals surface area contributed by atoms with Crippen molar-refractivity contribution < 1.29 is 23.4 Å². The predicted octanol–water partition coefficient (Wildman–Crippen LogP) is 0.789.